The molecule has 0 aliphatic heterocycles. The molecule has 0 aliphatic carbocycles. The SMILES string of the molecule is CCN(CC(=O)Nc1cc(Cl)ccc1C)C(=O)COc1ccccc1C(N)=O. The lowest BCUT2D eigenvalue weighted by atomic mass is 10.2. The van der Waals surface area contributed by atoms with Gasteiger partial charge >= 0.3 is 0 Å². The van der Waals surface area contributed by atoms with Gasteiger partial charge in [0.1, 0.15) is 5.75 Å². The first-order chi connectivity index (χ1) is 13.3. The minimum absolute atomic E-state index is 0.137. The van der Waals surface area contributed by atoms with Crippen LogP contribution < -0.4 is 15.8 Å². The van der Waals surface area contributed by atoms with Crippen LogP contribution in [-0.2, 0) is 9.59 Å². The van der Waals surface area contributed by atoms with Crippen molar-refractivity contribution < 1.29 is 19.1 Å². The van der Waals surface area contributed by atoms with Gasteiger partial charge in [0, 0.05) is 17.3 Å². The van der Waals surface area contributed by atoms with Crippen molar-refractivity contribution in [2.45, 2.75) is 13.8 Å². The summed E-state index contributed by atoms with van der Waals surface area (Å²) in [7, 11) is 0. The van der Waals surface area contributed by atoms with Crippen LogP contribution in [0.5, 0.6) is 5.75 Å². The fourth-order valence-corrected chi connectivity index (χ4v) is 2.67. The number of para-hydroxylation sites is 1. The summed E-state index contributed by atoms with van der Waals surface area (Å²) in [4.78, 5) is 37.5. The van der Waals surface area contributed by atoms with E-state index in [1.807, 2.05) is 6.92 Å². The van der Waals surface area contributed by atoms with E-state index >= 15 is 0 Å². The molecular weight excluding hydrogens is 382 g/mol. The molecule has 2 rings (SSSR count). The van der Waals surface area contributed by atoms with Gasteiger partial charge in [0.05, 0.1) is 12.1 Å². The quantitative estimate of drug-likeness (QED) is 0.707. The second-order valence-electron chi connectivity index (χ2n) is 6.06. The molecule has 0 unspecified atom stereocenters. The zero-order valence-electron chi connectivity index (χ0n) is 15.7. The number of aryl methyl sites for hydroxylation is 1. The molecule has 3 amide bonds. The molecule has 0 heterocycles. The van der Waals surface area contributed by atoms with Crippen LogP contribution in [0.15, 0.2) is 42.5 Å². The molecule has 148 valence electrons. The zero-order chi connectivity index (χ0) is 20.7. The van der Waals surface area contributed by atoms with Crippen LogP contribution in [0, 0.1) is 6.92 Å². The number of benzene rings is 2. The highest BCUT2D eigenvalue weighted by atomic mass is 35.5. The summed E-state index contributed by atoms with van der Waals surface area (Å²) in [5.74, 6) is -1.16. The standard InChI is InChI=1S/C20H22ClN3O4/c1-3-24(11-18(25)23-16-10-14(21)9-8-13(16)2)19(26)12-28-17-7-5-4-6-15(17)20(22)27/h4-10H,3,11-12H2,1-2H3,(H2,22,27)(H,23,25). The van der Waals surface area contributed by atoms with Crippen molar-refractivity contribution in [1.29, 1.82) is 0 Å². The summed E-state index contributed by atoms with van der Waals surface area (Å²) < 4.78 is 5.44. The number of likely N-dealkylation sites (N-methyl/N-ethyl adjacent to an activating group) is 1. The van der Waals surface area contributed by atoms with Crippen LogP contribution >= 0.6 is 11.6 Å². The van der Waals surface area contributed by atoms with E-state index < -0.39 is 5.91 Å². The first kappa shape index (κ1) is 21.2. The first-order valence-corrected chi connectivity index (χ1v) is 9.05. The average molecular weight is 404 g/mol. The Morgan fingerprint density at radius 3 is 2.57 bits per heavy atom. The molecule has 7 nitrogen and oxygen atoms in total. The van der Waals surface area contributed by atoms with E-state index in [9.17, 15) is 14.4 Å². The Hall–Kier alpha value is -3.06. The average Bonchev–Trinajstić information content (AvgIpc) is 2.67. The van der Waals surface area contributed by atoms with Gasteiger partial charge in [-0.05, 0) is 43.7 Å². The van der Waals surface area contributed by atoms with Gasteiger partial charge in [0.2, 0.25) is 5.91 Å². The maximum atomic E-state index is 12.4. The molecular formula is C20H22ClN3O4. The predicted molar refractivity (Wildman–Crippen MR) is 108 cm³/mol. The monoisotopic (exact) mass is 403 g/mol. The van der Waals surface area contributed by atoms with Crippen molar-refractivity contribution in [3.05, 3.63) is 58.6 Å². The molecule has 0 saturated heterocycles. The Morgan fingerprint density at radius 1 is 1.18 bits per heavy atom. The maximum absolute atomic E-state index is 12.4. The van der Waals surface area contributed by atoms with Gasteiger partial charge in [-0.15, -0.1) is 0 Å². The van der Waals surface area contributed by atoms with Gasteiger partial charge < -0.3 is 20.7 Å². The van der Waals surface area contributed by atoms with Crippen molar-refractivity contribution in [3.63, 3.8) is 0 Å². The molecule has 0 aliphatic rings. The molecule has 28 heavy (non-hydrogen) atoms. The number of hydrogen-bond acceptors (Lipinski definition) is 4. The van der Waals surface area contributed by atoms with Crippen LogP contribution in [0.3, 0.4) is 0 Å². The van der Waals surface area contributed by atoms with E-state index in [0.717, 1.165) is 5.56 Å². The highest BCUT2D eigenvalue weighted by Crippen LogP contribution is 2.20. The van der Waals surface area contributed by atoms with E-state index in [-0.39, 0.29) is 36.3 Å². The van der Waals surface area contributed by atoms with Gasteiger partial charge in [0.15, 0.2) is 6.61 Å². The zero-order valence-corrected chi connectivity index (χ0v) is 16.5. The van der Waals surface area contributed by atoms with Crippen LogP contribution in [-0.4, -0.2) is 42.3 Å². The summed E-state index contributed by atoms with van der Waals surface area (Å²) >= 11 is 5.95. The number of ether oxygens (including phenoxy) is 1. The number of anilines is 1. The van der Waals surface area contributed by atoms with E-state index in [4.69, 9.17) is 22.1 Å². The molecule has 0 saturated carbocycles. The van der Waals surface area contributed by atoms with Crippen molar-refractivity contribution >= 4 is 35.0 Å². The second-order valence-corrected chi connectivity index (χ2v) is 6.50. The van der Waals surface area contributed by atoms with Crippen molar-refractivity contribution in [3.8, 4) is 5.75 Å². The molecule has 2 aromatic carbocycles. The Kier molecular flexibility index (Phi) is 7.40. The molecule has 2 aromatic rings. The summed E-state index contributed by atoms with van der Waals surface area (Å²) in [5, 5.41) is 3.25. The summed E-state index contributed by atoms with van der Waals surface area (Å²) in [6.45, 7) is 3.47. The third-order valence-corrected chi connectivity index (χ3v) is 4.28. The molecule has 3 N–H and O–H groups in total. The van der Waals surface area contributed by atoms with E-state index in [0.29, 0.717) is 17.3 Å². The van der Waals surface area contributed by atoms with Gasteiger partial charge in [-0.25, -0.2) is 0 Å². The normalized spacial score (nSPS) is 10.2. The van der Waals surface area contributed by atoms with Gasteiger partial charge in [0.25, 0.3) is 11.8 Å². The molecule has 0 spiro atoms. The van der Waals surface area contributed by atoms with Crippen molar-refractivity contribution in [2.75, 3.05) is 25.0 Å². The smallest absolute Gasteiger partial charge is 0.260 e. The first-order valence-electron chi connectivity index (χ1n) is 8.67. The van der Waals surface area contributed by atoms with Crippen LogP contribution in [0.2, 0.25) is 5.02 Å². The molecule has 8 heteroatoms. The number of primary amides is 1. The van der Waals surface area contributed by atoms with Crippen molar-refractivity contribution in [2.24, 2.45) is 5.73 Å². The number of carbonyl (C=O) groups excluding carboxylic acids is 3. The Bertz CT molecular complexity index is 886. The number of carbonyl (C=O) groups is 3. The Balaban J connectivity index is 1.97. The number of hydrogen-bond donors (Lipinski definition) is 2. The van der Waals surface area contributed by atoms with Gasteiger partial charge in [-0.3, -0.25) is 14.4 Å². The summed E-state index contributed by atoms with van der Waals surface area (Å²) in [6, 6.07) is 11.6. The van der Waals surface area contributed by atoms with Gasteiger partial charge in [-0.2, -0.15) is 0 Å². The largest absolute Gasteiger partial charge is 0.483 e. The minimum Gasteiger partial charge on any atom is -0.483 e. The topological polar surface area (TPSA) is 102 Å². The lowest BCUT2D eigenvalue weighted by Gasteiger charge is -2.21. The fraction of sp³-hybridized carbons (Fsp3) is 0.250. The third-order valence-electron chi connectivity index (χ3n) is 4.05. The number of nitrogens with zero attached hydrogens (tertiary/aromatic N) is 1. The number of nitrogens with one attached hydrogen (secondary N) is 1. The highest BCUT2D eigenvalue weighted by Gasteiger charge is 2.18. The molecule has 0 fully saturated rings. The minimum atomic E-state index is -0.647. The van der Waals surface area contributed by atoms with E-state index in [2.05, 4.69) is 5.32 Å². The third kappa shape index (κ3) is 5.72. The predicted octanol–water partition coefficient (Wildman–Crippen LogP) is 2.61. The summed E-state index contributed by atoms with van der Waals surface area (Å²) in [5.41, 5.74) is 6.93. The number of nitrogens with two attached hydrogens (primary N) is 1. The van der Waals surface area contributed by atoms with Crippen molar-refractivity contribution in [1.82, 2.24) is 4.90 Å². The van der Waals surface area contributed by atoms with E-state index in [1.54, 1.807) is 43.3 Å². The Labute approximate surface area is 168 Å². The second kappa shape index (κ2) is 9.75. The highest BCUT2D eigenvalue weighted by molar-refractivity contribution is 6.31. The summed E-state index contributed by atoms with van der Waals surface area (Å²) in [6.07, 6.45) is 0. The molecule has 0 bridgehead atoms. The van der Waals surface area contributed by atoms with Crippen LogP contribution in [0.4, 0.5) is 5.69 Å². The maximum Gasteiger partial charge on any atom is 0.260 e. The molecule has 0 radical (unpaired) electrons. The number of halogens is 1. The Morgan fingerprint density at radius 2 is 1.89 bits per heavy atom. The lowest BCUT2D eigenvalue weighted by Crippen LogP contribution is -2.40. The van der Waals surface area contributed by atoms with Crippen LogP contribution in [0.1, 0.15) is 22.8 Å². The number of rotatable bonds is 8. The van der Waals surface area contributed by atoms with Crippen LogP contribution in [0.25, 0.3) is 0 Å². The molecule has 0 atom stereocenters. The molecule has 0 aromatic heterocycles. The van der Waals surface area contributed by atoms with Gasteiger partial charge in [-0.1, -0.05) is 29.8 Å². The van der Waals surface area contributed by atoms with E-state index in [1.165, 1.54) is 11.0 Å². The fourth-order valence-electron chi connectivity index (χ4n) is 2.50. The lowest BCUT2D eigenvalue weighted by molar-refractivity contribution is -0.136. The number of amides is 3.